The van der Waals surface area contributed by atoms with Gasteiger partial charge in [0.1, 0.15) is 0 Å². The van der Waals surface area contributed by atoms with Crippen molar-refractivity contribution in [2.24, 2.45) is 0 Å². The summed E-state index contributed by atoms with van der Waals surface area (Å²) in [5.41, 5.74) is 1.42. The SMILES string of the molecule is COC(=O)c1ccc(C=CCCC(=O)O)cc1. The molecule has 1 N–H and O–H groups in total. The van der Waals surface area contributed by atoms with Crippen LogP contribution < -0.4 is 0 Å². The molecular weight excluding hydrogens is 220 g/mol. The molecule has 0 saturated heterocycles. The summed E-state index contributed by atoms with van der Waals surface area (Å²) in [4.78, 5) is 21.4. The van der Waals surface area contributed by atoms with Crippen molar-refractivity contribution < 1.29 is 19.4 Å². The van der Waals surface area contributed by atoms with E-state index in [1.165, 1.54) is 7.11 Å². The molecule has 0 spiro atoms. The lowest BCUT2D eigenvalue weighted by Crippen LogP contribution is -2.00. The number of carbonyl (C=O) groups is 2. The van der Waals surface area contributed by atoms with E-state index in [1.807, 2.05) is 6.08 Å². The van der Waals surface area contributed by atoms with Crippen molar-refractivity contribution in [3.8, 4) is 0 Å². The van der Waals surface area contributed by atoms with Crippen LogP contribution in [0.4, 0.5) is 0 Å². The number of ether oxygens (including phenoxy) is 1. The number of benzene rings is 1. The second kappa shape index (κ2) is 6.48. The van der Waals surface area contributed by atoms with Crippen LogP contribution in [0, 0.1) is 0 Å². The summed E-state index contributed by atoms with van der Waals surface area (Å²) in [6.45, 7) is 0. The summed E-state index contributed by atoms with van der Waals surface area (Å²) in [5, 5.41) is 8.45. The summed E-state index contributed by atoms with van der Waals surface area (Å²) in [7, 11) is 1.34. The van der Waals surface area contributed by atoms with Gasteiger partial charge in [0.05, 0.1) is 12.7 Å². The number of rotatable bonds is 5. The van der Waals surface area contributed by atoms with Gasteiger partial charge in [-0.3, -0.25) is 4.79 Å². The summed E-state index contributed by atoms with van der Waals surface area (Å²) in [6, 6.07) is 6.90. The van der Waals surface area contributed by atoms with Gasteiger partial charge in [0.25, 0.3) is 0 Å². The second-order valence-corrected chi connectivity index (χ2v) is 3.45. The third kappa shape index (κ3) is 4.51. The van der Waals surface area contributed by atoms with Crippen LogP contribution in [0.25, 0.3) is 6.08 Å². The molecule has 0 aromatic heterocycles. The first-order valence-electron chi connectivity index (χ1n) is 5.20. The third-order valence-electron chi connectivity index (χ3n) is 2.17. The Bertz CT molecular complexity index is 418. The third-order valence-corrected chi connectivity index (χ3v) is 2.17. The van der Waals surface area contributed by atoms with E-state index in [0.717, 1.165) is 5.56 Å². The van der Waals surface area contributed by atoms with E-state index < -0.39 is 5.97 Å². The van der Waals surface area contributed by atoms with E-state index in [4.69, 9.17) is 5.11 Å². The molecule has 0 aliphatic heterocycles. The number of hydrogen-bond donors (Lipinski definition) is 1. The number of methoxy groups -OCH3 is 1. The van der Waals surface area contributed by atoms with Crippen LogP contribution in [-0.4, -0.2) is 24.2 Å². The molecule has 0 aliphatic carbocycles. The van der Waals surface area contributed by atoms with Gasteiger partial charge in [-0.1, -0.05) is 24.3 Å². The molecule has 0 saturated carbocycles. The molecular formula is C13H14O4. The van der Waals surface area contributed by atoms with E-state index in [-0.39, 0.29) is 12.4 Å². The van der Waals surface area contributed by atoms with Gasteiger partial charge in [-0.25, -0.2) is 4.79 Å². The summed E-state index contributed by atoms with van der Waals surface area (Å²) >= 11 is 0. The van der Waals surface area contributed by atoms with Crippen LogP contribution in [0.15, 0.2) is 30.3 Å². The predicted octanol–water partition coefficient (Wildman–Crippen LogP) is 2.35. The molecule has 1 aromatic rings. The highest BCUT2D eigenvalue weighted by Crippen LogP contribution is 2.08. The van der Waals surface area contributed by atoms with Crippen molar-refractivity contribution in [1.29, 1.82) is 0 Å². The lowest BCUT2D eigenvalue weighted by molar-refractivity contribution is -0.136. The molecule has 0 heterocycles. The average molecular weight is 234 g/mol. The van der Waals surface area contributed by atoms with Crippen LogP contribution in [0.3, 0.4) is 0 Å². The van der Waals surface area contributed by atoms with E-state index >= 15 is 0 Å². The van der Waals surface area contributed by atoms with Crippen molar-refractivity contribution in [1.82, 2.24) is 0 Å². The number of esters is 1. The summed E-state index contributed by atoms with van der Waals surface area (Å²) < 4.78 is 4.58. The van der Waals surface area contributed by atoms with Gasteiger partial charge in [-0.15, -0.1) is 0 Å². The molecule has 4 nitrogen and oxygen atoms in total. The Hall–Kier alpha value is -2.10. The Morgan fingerprint density at radius 3 is 2.47 bits per heavy atom. The Morgan fingerprint density at radius 1 is 1.29 bits per heavy atom. The molecule has 17 heavy (non-hydrogen) atoms. The molecule has 0 unspecified atom stereocenters. The highest BCUT2D eigenvalue weighted by Gasteiger charge is 2.02. The van der Waals surface area contributed by atoms with Crippen LogP contribution in [0.1, 0.15) is 28.8 Å². The Labute approximate surface area is 99.5 Å². The maximum Gasteiger partial charge on any atom is 0.337 e. The van der Waals surface area contributed by atoms with Gasteiger partial charge in [0.15, 0.2) is 0 Å². The Morgan fingerprint density at radius 2 is 1.94 bits per heavy atom. The highest BCUT2D eigenvalue weighted by molar-refractivity contribution is 5.89. The normalized spacial score (nSPS) is 10.4. The number of carbonyl (C=O) groups excluding carboxylic acids is 1. The molecule has 0 radical (unpaired) electrons. The quantitative estimate of drug-likeness (QED) is 0.794. The zero-order valence-corrected chi connectivity index (χ0v) is 9.55. The molecule has 0 bridgehead atoms. The Kier molecular flexibility index (Phi) is 4.94. The fourth-order valence-corrected chi connectivity index (χ4v) is 1.27. The van der Waals surface area contributed by atoms with Crippen molar-refractivity contribution in [3.63, 3.8) is 0 Å². The maximum absolute atomic E-state index is 11.2. The van der Waals surface area contributed by atoms with Crippen LogP contribution in [-0.2, 0) is 9.53 Å². The Balaban J connectivity index is 2.56. The van der Waals surface area contributed by atoms with Gasteiger partial charge < -0.3 is 9.84 Å². The average Bonchev–Trinajstić information content (AvgIpc) is 2.34. The number of carboxylic acids is 1. The van der Waals surface area contributed by atoms with E-state index in [9.17, 15) is 9.59 Å². The molecule has 4 heteroatoms. The summed E-state index contributed by atoms with van der Waals surface area (Å²) in [6.07, 6.45) is 4.23. The van der Waals surface area contributed by atoms with Gasteiger partial charge in [0.2, 0.25) is 0 Å². The number of hydrogen-bond acceptors (Lipinski definition) is 3. The molecule has 1 rings (SSSR count). The maximum atomic E-state index is 11.2. The fraction of sp³-hybridized carbons (Fsp3) is 0.231. The van der Waals surface area contributed by atoms with Gasteiger partial charge >= 0.3 is 11.9 Å². The predicted molar refractivity (Wildman–Crippen MR) is 63.7 cm³/mol. The molecule has 0 amide bonds. The fourth-order valence-electron chi connectivity index (χ4n) is 1.27. The number of aliphatic carboxylic acids is 1. The smallest absolute Gasteiger partial charge is 0.337 e. The molecule has 0 fully saturated rings. The minimum Gasteiger partial charge on any atom is -0.481 e. The zero-order chi connectivity index (χ0) is 12.7. The minimum absolute atomic E-state index is 0.122. The molecule has 1 aromatic carbocycles. The van der Waals surface area contributed by atoms with Crippen LogP contribution in [0.2, 0.25) is 0 Å². The van der Waals surface area contributed by atoms with Crippen molar-refractivity contribution >= 4 is 18.0 Å². The van der Waals surface area contributed by atoms with Gasteiger partial charge in [-0.2, -0.15) is 0 Å². The summed E-state index contributed by atoms with van der Waals surface area (Å²) in [5.74, 6) is -1.18. The van der Waals surface area contributed by atoms with Crippen molar-refractivity contribution in [3.05, 3.63) is 41.5 Å². The minimum atomic E-state index is -0.810. The largest absolute Gasteiger partial charge is 0.481 e. The standard InChI is InChI=1S/C13H14O4/c1-17-13(16)11-8-6-10(7-9-11)4-2-3-5-12(14)15/h2,4,6-9H,3,5H2,1H3,(H,14,15). The van der Waals surface area contributed by atoms with E-state index in [2.05, 4.69) is 4.74 Å². The molecule has 0 aliphatic rings. The monoisotopic (exact) mass is 234 g/mol. The van der Waals surface area contributed by atoms with Gasteiger partial charge in [-0.05, 0) is 24.1 Å². The zero-order valence-electron chi connectivity index (χ0n) is 9.55. The lowest BCUT2D eigenvalue weighted by atomic mass is 10.1. The number of carboxylic acid groups (broad SMARTS) is 1. The van der Waals surface area contributed by atoms with E-state index in [0.29, 0.717) is 12.0 Å². The van der Waals surface area contributed by atoms with Crippen molar-refractivity contribution in [2.45, 2.75) is 12.8 Å². The molecule has 0 atom stereocenters. The first-order chi connectivity index (χ1) is 8.13. The van der Waals surface area contributed by atoms with E-state index in [1.54, 1.807) is 30.3 Å². The number of allylic oxidation sites excluding steroid dienone is 1. The van der Waals surface area contributed by atoms with Crippen LogP contribution in [0.5, 0.6) is 0 Å². The lowest BCUT2D eigenvalue weighted by Gasteiger charge is -1.99. The van der Waals surface area contributed by atoms with Crippen LogP contribution >= 0.6 is 0 Å². The molecule has 90 valence electrons. The van der Waals surface area contributed by atoms with Crippen molar-refractivity contribution in [2.75, 3.05) is 7.11 Å². The highest BCUT2D eigenvalue weighted by atomic mass is 16.5. The second-order valence-electron chi connectivity index (χ2n) is 3.45. The first-order valence-corrected chi connectivity index (χ1v) is 5.20. The van der Waals surface area contributed by atoms with Gasteiger partial charge in [0, 0.05) is 6.42 Å². The topological polar surface area (TPSA) is 63.6 Å². The first kappa shape index (κ1) is 13.0.